The fourth-order valence-electron chi connectivity index (χ4n) is 4.63. The lowest BCUT2D eigenvalue weighted by Crippen LogP contribution is -2.27. The summed E-state index contributed by atoms with van der Waals surface area (Å²) in [5.74, 6) is 1.69. The smallest absolute Gasteiger partial charge is 0.227 e. The summed E-state index contributed by atoms with van der Waals surface area (Å²) < 4.78 is 5.11. The minimum Gasteiger partial charge on any atom is -0.495 e. The van der Waals surface area contributed by atoms with Gasteiger partial charge in [0.15, 0.2) is 0 Å². The van der Waals surface area contributed by atoms with E-state index in [4.69, 9.17) is 16.3 Å². The van der Waals surface area contributed by atoms with E-state index in [1.807, 2.05) is 26.8 Å². The van der Waals surface area contributed by atoms with Gasteiger partial charge in [0.25, 0.3) is 0 Å². The van der Waals surface area contributed by atoms with Crippen LogP contribution in [0, 0.1) is 25.7 Å². The Morgan fingerprint density at radius 2 is 1.61 bits per heavy atom. The molecule has 0 unspecified atom stereocenters. The van der Waals surface area contributed by atoms with Crippen LogP contribution in [-0.2, 0) is 16.0 Å². The quantitative estimate of drug-likeness (QED) is 0.336. The number of anilines is 1. The van der Waals surface area contributed by atoms with Crippen molar-refractivity contribution in [3.8, 4) is 5.75 Å². The number of aryl methyl sites for hydroxylation is 2. The van der Waals surface area contributed by atoms with Crippen LogP contribution in [0.15, 0.2) is 36.4 Å². The van der Waals surface area contributed by atoms with Gasteiger partial charge in [-0.3, -0.25) is 4.79 Å². The maximum absolute atomic E-state index is 12.3. The molecule has 3 rings (SSSR count). The number of hydrogen-bond acceptors (Lipinski definition) is 3. The lowest BCUT2D eigenvalue weighted by atomic mass is 9.80. The Morgan fingerprint density at radius 3 is 2.00 bits per heavy atom. The van der Waals surface area contributed by atoms with Crippen molar-refractivity contribution >= 4 is 29.5 Å². The molecule has 2 aromatic rings. The molecule has 0 aliphatic heterocycles. The lowest BCUT2D eigenvalue weighted by molar-refractivity contribution is -0.121. The van der Waals surface area contributed by atoms with Crippen molar-refractivity contribution in [1.82, 2.24) is 0 Å². The number of nitrogens with one attached hydrogen (secondary N) is 1. The first kappa shape index (κ1) is 35.7. The molecule has 1 aliphatic carbocycles. The average Bonchev–Trinajstić information content (AvgIpc) is 2.92. The van der Waals surface area contributed by atoms with Crippen molar-refractivity contribution in [3.05, 3.63) is 58.1 Å². The first-order valence-electron chi connectivity index (χ1n) is 14.4. The van der Waals surface area contributed by atoms with E-state index in [1.54, 1.807) is 19.2 Å². The van der Waals surface area contributed by atoms with Crippen LogP contribution in [0.5, 0.6) is 5.75 Å². The number of amides is 1. The Bertz CT molecular complexity index is 900. The van der Waals surface area contributed by atoms with Gasteiger partial charge in [0.05, 0.1) is 12.1 Å². The van der Waals surface area contributed by atoms with E-state index >= 15 is 0 Å². The zero-order valence-corrected chi connectivity index (χ0v) is 25.9. The van der Waals surface area contributed by atoms with E-state index in [0.29, 0.717) is 17.2 Å². The summed E-state index contributed by atoms with van der Waals surface area (Å²) in [5.41, 5.74) is 5.08. The second-order valence-corrected chi connectivity index (χ2v) is 9.93. The van der Waals surface area contributed by atoms with Gasteiger partial charge < -0.3 is 14.8 Å². The average molecular weight is 546 g/mol. The standard InChI is InChI=1S/C17H24ClNO2.C10H14.C4H8O.C2H6/c1-3-4-12-5-7-13(8-6-12)17(20)19-14-9-10-16(21-2)15(18)11-14;1-4-10-8(2)6-5-7-9(10)3;1-2-3-4-5;1-2/h9-13H,3-8H2,1-2H3,(H,19,20);5-7H,4H2,1-3H3;4H,2-3H2,1H3;1-2H3. The molecule has 0 bridgehead atoms. The monoisotopic (exact) mass is 545 g/mol. The molecule has 38 heavy (non-hydrogen) atoms. The van der Waals surface area contributed by atoms with Crippen molar-refractivity contribution in [2.24, 2.45) is 11.8 Å². The maximum Gasteiger partial charge on any atom is 0.227 e. The maximum atomic E-state index is 12.3. The number of benzene rings is 2. The zero-order chi connectivity index (χ0) is 28.9. The number of rotatable bonds is 8. The van der Waals surface area contributed by atoms with Crippen LogP contribution in [0.3, 0.4) is 0 Å². The van der Waals surface area contributed by atoms with E-state index < -0.39 is 0 Å². The predicted octanol–water partition coefficient (Wildman–Crippen LogP) is 9.77. The summed E-state index contributed by atoms with van der Waals surface area (Å²) in [6.45, 7) is 14.8. The number of methoxy groups -OCH3 is 1. The fraction of sp³-hybridized carbons (Fsp3) is 0.576. The Hall–Kier alpha value is -2.33. The summed E-state index contributed by atoms with van der Waals surface area (Å²) in [7, 11) is 1.58. The predicted molar refractivity (Wildman–Crippen MR) is 165 cm³/mol. The van der Waals surface area contributed by atoms with Gasteiger partial charge in [0.1, 0.15) is 12.0 Å². The summed E-state index contributed by atoms with van der Waals surface area (Å²) in [5, 5.41) is 3.49. The van der Waals surface area contributed by atoms with Crippen molar-refractivity contribution < 1.29 is 14.3 Å². The van der Waals surface area contributed by atoms with Crippen molar-refractivity contribution in [1.29, 1.82) is 0 Å². The van der Waals surface area contributed by atoms with Gasteiger partial charge in [-0.05, 0) is 93.2 Å². The minimum atomic E-state index is 0.117. The van der Waals surface area contributed by atoms with Crippen LogP contribution in [0.1, 0.15) is 103 Å². The molecule has 0 radical (unpaired) electrons. The molecule has 0 heterocycles. The van der Waals surface area contributed by atoms with Crippen LogP contribution < -0.4 is 10.1 Å². The second-order valence-electron chi connectivity index (χ2n) is 9.52. The van der Waals surface area contributed by atoms with Crippen molar-refractivity contribution in [3.63, 3.8) is 0 Å². The molecule has 214 valence electrons. The number of aldehydes is 1. The van der Waals surface area contributed by atoms with E-state index in [2.05, 4.69) is 51.2 Å². The third-order valence-electron chi connectivity index (χ3n) is 6.74. The molecule has 1 fully saturated rings. The molecule has 0 atom stereocenters. The van der Waals surface area contributed by atoms with Gasteiger partial charge in [0.2, 0.25) is 5.91 Å². The summed E-state index contributed by atoms with van der Waals surface area (Å²) in [4.78, 5) is 21.7. The van der Waals surface area contributed by atoms with Gasteiger partial charge in [-0.1, -0.05) is 77.3 Å². The summed E-state index contributed by atoms with van der Waals surface area (Å²) >= 11 is 6.08. The molecule has 0 saturated heterocycles. The molecule has 0 aromatic heterocycles. The van der Waals surface area contributed by atoms with Gasteiger partial charge in [-0.2, -0.15) is 0 Å². The van der Waals surface area contributed by atoms with Gasteiger partial charge in [-0.25, -0.2) is 0 Å². The molecule has 1 N–H and O–H groups in total. The number of halogens is 1. The highest BCUT2D eigenvalue weighted by Crippen LogP contribution is 2.33. The zero-order valence-electron chi connectivity index (χ0n) is 25.2. The van der Waals surface area contributed by atoms with Crippen LogP contribution in [0.2, 0.25) is 5.02 Å². The van der Waals surface area contributed by atoms with Gasteiger partial charge in [-0.15, -0.1) is 0 Å². The fourth-order valence-corrected chi connectivity index (χ4v) is 4.89. The van der Waals surface area contributed by atoms with E-state index in [-0.39, 0.29) is 11.8 Å². The highest BCUT2D eigenvalue weighted by Gasteiger charge is 2.25. The van der Waals surface area contributed by atoms with Crippen molar-refractivity contribution in [2.45, 2.75) is 106 Å². The summed E-state index contributed by atoms with van der Waals surface area (Å²) in [6.07, 6.45) is 10.7. The molecule has 4 nitrogen and oxygen atoms in total. The third-order valence-corrected chi connectivity index (χ3v) is 7.03. The Balaban J connectivity index is 0.000000666. The van der Waals surface area contributed by atoms with E-state index in [1.165, 1.54) is 42.4 Å². The Labute approximate surface area is 237 Å². The van der Waals surface area contributed by atoms with Crippen LogP contribution in [-0.4, -0.2) is 19.3 Å². The van der Waals surface area contributed by atoms with Crippen LogP contribution in [0.25, 0.3) is 0 Å². The molecule has 1 saturated carbocycles. The number of hydrogen-bond donors (Lipinski definition) is 1. The highest BCUT2D eigenvalue weighted by atomic mass is 35.5. The van der Waals surface area contributed by atoms with Crippen LogP contribution >= 0.6 is 11.6 Å². The lowest BCUT2D eigenvalue weighted by Gasteiger charge is -2.27. The number of ether oxygens (including phenoxy) is 1. The first-order valence-corrected chi connectivity index (χ1v) is 14.8. The number of unbranched alkanes of at least 4 members (excludes halogenated alkanes) is 1. The molecule has 1 amide bonds. The Kier molecular flexibility index (Phi) is 20.3. The van der Waals surface area contributed by atoms with E-state index in [9.17, 15) is 9.59 Å². The molecular weight excluding hydrogens is 494 g/mol. The van der Waals surface area contributed by atoms with E-state index in [0.717, 1.165) is 43.6 Å². The largest absolute Gasteiger partial charge is 0.495 e. The third kappa shape index (κ3) is 13.5. The normalized spacial score (nSPS) is 15.8. The van der Waals surface area contributed by atoms with Gasteiger partial charge in [0, 0.05) is 18.0 Å². The molecule has 5 heteroatoms. The number of carbonyl (C=O) groups is 2. The summed E-state index contributed by atoms with van der Waals surface area (Å²) in [6, 6.07) is 11.8. The molecule has 0 spiro atoms. The number of carbonyl (C=O) groups excluding carboxylic acids is 2. The van der Waals surface area contributed by atoms with Gasteiger partial charge >= 0.3 is 0 Å². The second kappa shape index (κ2) is 21.6. The topological polar surface area (TPSA) is 55.4 Å². The Morgan fingerprint density at radius 1 is 1.00 bits per heavy atom. The molecule has 2 aromatic carbocycles. The van der Waals surface area contributed by atoms with Crippen LogP contribution in [0.4, 0.5) is 5.69 Å². The molecule has 1 aliphatic rings. The SMILES string of the molecule is CC.CCCC1CCC(C(=O)Nc2ccc(OC)c(Cl)c2)CC1.CCCC=O.CCc1c(C)cccc1C. The molecular formula is C33H52ClNO3. The first-order chi connectivity index (χ1) is 18.3. The highest BCUT2D eigenvalue weighted by molar-refractivity contribution is 6.32. The van der Waals surface area contributed by atoms with Crippen molar-refractivity contribution in [2.75, 3.05) is 12.4 Å². The minimum absolute atomic E-state index is 0.117.